The van der Waals surface area contributed by atoms with E-state index < -0.39 is 0 Å². The van der Waals surface area contributed by atoms with Crippen LogP contribution in [0.15, 0.2) is 60.9 Å². The number of rotatable bonds is 4. The number of aromatic amines is 1. The Kier molecular flexibility index (Phi) is 5.28. The smallest absolute Gasteiger partial charge is 0.246 e. The molecule has 142 valence electrons. The van der Waals surface area contributed by atoms with E-state index in [1.54, 1.807) is 36.7 Å². The number of H-pyrrole nitrogens is 1. The first-order valence-electron chi connectivity index (χ1n) is 9.38. The maximum atomic E-state index is 14.2. The lowest BCUT2D eigenvalue weighted by Gasteiger charge is -2.32. The van der Waals surface area contributed by atoms with Gasteiger partial charge >= 0.3 is 0 Å². The normalized spacial score (nSPS) is 17.2. The minimum absolute atomic E-state index is 0.0395. The summed E-state index contributed by atoms with van der Waals surface area (Å²) in [5.41, 5.74) is 2.93. The van der Waals surface area contributed by atoms with Crippen LogP contribution in [0.25, 0.3) is 17.2 Å². The number of halogens is 1. The molecule has 3 aromatic rings. The zero-order chi connectivity index (χ0) is 19.3. The Balaban J connectivity index is 1.51. The first kappa shape index (κ1) is 18.1. The fraction of sp³-hybridized carbons (Fsp3) is 0.227. The molecule has 2 aromatic heterocycles. The van der Waals surface area contributed by atoms with Gasteiger partial charge in [0, 0.05) is 48.1 Å². The van der Waals surface area contributed by atoms with Crippen LogP contribution in [-0.4, -0.2) is 39.1 Å². The van der Waals surface area contributed by atoms with Crippen LogP contribution in [0.1, 0.15) is 30.1 Å². The average molecular weight is 376 g/mol. The Morgan fingerprint density at radius 3 is 2.86 bits per heavy atom. The molecule has 1 aromatic carbocycles. The van der Waals surface area contributed by atoms with E-state index in [2.05, 4.69) is 15.2 Å². The summed E-state index contributed by atoms with van der Waals surface area (Å²) < 4.78 is 14.2. The molecule has 0 aliphatic carbocycles. The quantitative estimate of drug-likeness (QED) is 0.700. The van der Waals surface area contributed by atoms with Crippen molar-refractivity contribution in [1.29, 1.82) is 0 Å². The molecule has 1 fully saturated rings. The SMILES string of the molecule is O=C(/C=C/c1ccccn1)N1CCCC(c2[nH]ncc2-c2ccccc2F)C1. The molecule has 1 amide bonds. The Hall–Kier alpha value is -3.28. The molecule has 1 N–H and O–H groups in total. The van der Waals surface area contributed by atoms with Gasteiger partial charge in [0.25, 0.3) is 0 Å². The number of likely N-dealkylation sites (tertiary alicyclic amines) is 1. The Bertz CT molecular complexity index is 983. The number of nitrogens with zero attached hydrogens (tertiary/aromatic N) is 3. The molecule has 3 heterocycles. The molecule has 0 saturated carbocycles. The van der Waals surface area contributed by atoms with Crippen molar-refractivity contribution < 1.29 is 9.18 Å². The van der Waals surface area contributed by atoms with Crippen molar-refractivity contribution in [3.05, 3.63) is 78.1 Å². The monoisotopic (exact) mass is 376 g/mol. The molecule has 28 heavy (non-hydrogen) atoms. The summed E-state index contributed by atoms with van der Waals surface area (Å²) in [5, 5.41) is 7.18. The van der Waals surface area contributed by atoms with Gasteiger partial charge in [0.2, 0.25) is 5.91 Å². The van der Waals surface area contributed by atoms with Gasteiger partial charge in [-0.2, -0.15) is 5.10 Å². The van der Waals surface area contributed by atoms with Crippen LogP contribution < -0.4 is 0 Å². The maximum absolute atomic E-state index is 14.2. The van der Waals surface area contributed by atoms with Crippen molar-refractivity contribution in [2.45, 2.75) is 18.8 Å². The molecular weight excluding hydrogens is 355 g/mol. The van der Waals surface area contributed by atoms with Crippen molar-refractivity contribution >= 4 is 12.0 Å². The minimum atomic E-state index is -0.271. The van der Waals surface area contributed by atoms with Gasteiger partial charge < -0.3 is 4.90 Å². The largest absolute Gasteiger partial charge is 0.338 e. The van der Waals surface area contributed by atoms with Crippen molar-refractivity contribution in [3.63, 3.8) is 0 Å². The summed E-state index contributed by atoms with van der Waals surface area (Å²) >= 11 is 0. The molecule has 1 atom stereocenters. The third-order valence-electron chi connectivity index (χ3n) is 5.06. The second-order valence-corrected chi connectivity index (χ2v) is 6.89. The highest BCUT2D eigenvalue weighted by Crippen LogP contribution is 2.34. The highest BCUT2D eigenvalue weighted by Gasteiger charge is 2.27. The zero-order valence-electron chi connectivity index (χ0n) is 15.4. The Morgan fingerprint density at radius 1 is 1.18 bits per heavy atom. The first-order chi connectivity index (χ1) is 13.7. The van der Waals surface area contributed by atoms with Crippen molar-refractivity contribution in [2.24, 2.45) is 0 Å². The predicted octanol–water partition coefficient (Wildman–Crippen LogP) is 4.03. The van der Waals surface area contributed by atoms with E-state index in [1.807, 2.05) is 29.2 Å². The van der Waals surface area contributed by atoms with Gasteiger partial charge in [0.05, 0.1) is 11.9 Å². The van der Waals surface area contributed by atoms with Gasteiger partial charge in [-0.15, -0.1) is 0 Å². The summed E-state index contributed by atoms with van der Waals surface area (Å²) in [4.78, 5) is 18.7. The summed E-state index contributed by atoms with van der Waals surface area (Å²) in [5.74, 6) is -0.215. The Morgan fingerprint density at radius 2 is 2.04 bits per heavy atom. The van der Waals surface area contributed by atoms with Crippen LogP contribution in [0.4, 0.5) is 4.39 Å². The molecule has 1 aliphatic heterocycles. The van der Waals surface area contributed by atoms with Crippen LogP contribution in [0.2, 0.25) is 0 Å². The number of hydrogen-bond acceptors (Lipinski definition) is 3. The molecule has 4 rings (SSSR count). The van der Waals surface area contributed by atoms with Gasteiger partial charge in [-0.25, -0.2) is 4.39 Å². The lowest BCUT2D eigenvalue weighted by Crippen LogP contribution is -2.38. The number of amides is 1. The topological polar surface area (TPSA) is 61.9 Å². The van der Waals surface area contributed by atoms with E-state index in [0.29, 0.717) is 18.7 Å². The van der Waals surface area contributed by atoms with E-state index in [9.17, 15) is 9.18 Å². The summed E-state index contributed by atoms with van der Waals surface area (Å²) in [6.45, 7) is 1.29. The second-order valence-electron chi connectivity index (χ2n) is 6.89. The molecule has 1 saturated heterocycles. The van der Waals surface area contributed by atoms with Gasteiger partial charge in [0.15, 0.2) is 0 Å². The summed E-state index contributed by atoms with van der Waals surface area (Å²) in [7, 11) is 0. The maximum Gasteiger partial charge on any atom is 0.246 e. The third-order valence-corrected chi connectivity index (χ3v) is 5.06. The molecule has 1 aliphatic rings. The van der Waals surface area contributed by atoms with Crippen LogP contribution in [-0.2, 0) is 4.79 Å². The van der Waals surface area contributed by atoms with E-state index >= 15 is 0 Å². The molecule has 5 nitrogen and oxygen atoms in total. The molecule has 1 unspecified atom stereocenters. The highest BCUT2D eigenvalue weighted by molar-refractivity contribution is 5.91. The molecular formula is C22H21FN4O. The van der Waals surface area contributed by atoms with Crippen LogP contribution in [0, 0.1) is 5.82 Å². The van der Waals surface area contributed by atoms with E-state index in [0.717, 1.165) is 29.8 Å². The number of benzene rings is 1. The molecule has 0 bridgehead atoms. The number of piperidine rings is 1. The van der Waals surface area contributed by atoms with Crippen LogP contribution >= 0.6 is 0 Å². The molecule has 0 spiro atoms. The number of nitrogens with one attached hydrogen (secondary N) is 1. The zero-order valence-corrected chi connectivity index (χ0v) is 15.4. The van der Waals surface area contributed by atoms with Crippen molar-refractivity contribution in [2.75, 3.05) is 13.1 Å². The fourth-order valence-corrected chi connectivity index (χ4v) is 3.65. The molecule has 6 heteroatoms. The van der Waals surface area contributed by atoms with Gasteiger partial charge in [-0.05, 0) is 37.1 Å². The number of hydrogen-bond donors (Lipinski definition) is 1. The van der Waals surface area contributed by atoms with Crippen molar-refractivity contribution in [1.82, 2.24) is 20.1 Å². The van der Waals surface area contributed by atoms with E-state index in [4.69, 9.17) is 0 Å². The summed E-state index contributed by atoms with van der Waals surface area (Å²) in [6.07, 6.45) is 8.47. The fourth-order valence-electron chi connectivity index (χ4n) is 3.65. The first-order valence-corrected chi connectivity index (χ1v) is 9.38. The third kappa shape index (κ3) is 3.86. The van der Waals surface area contributed by atoms with Crippen LogP contribution in [0.5, 0.6) is 0 Å². The van der Waals surface area contributed by atoms with Crippen LogP contribution in [0.3, 0.4) is 0 Å². The van der Waals surface area contributed by atoms with E-state index in [1.165, 1.54) is 6.07 Å². The lowest BCUT2D eigenvalue weighted by molar-refractivity contribution is -0.127. The average Bonchev–Trinajstić information content (AvgIpc) is 3.23. The lowest BCUT2D eigenvalue weighted by atomic mass is 9.90. The van der Waals surface area contributed by atoms with Gasteiger partial charge in [-0.3, -0.25) is 14.9 Å². The summed E-state index contributed by atoms with van der Waals surface area (Å²) in [6, 6.07) is 12.3. The predicted molar refractivity (Wildman–Crippen MR) is 106 cm³/mol. The van der Waals surface area contributed by atoms with Gasteiger partial charge in [-0.1, -0.05) is 24.3 Å². The number of carbonyl (C=O) groups is 1. The number of carbonyl (C=O) groups excluding carboxylic acids is 1. The minimum Gasteiger partial charge on any atom is -0.338 e. The number of pyridine rings is 1. The highest BCUT2D eigenvalue weighted by atomic mass is 19.1. The Labute approximate surface area is 162 Å². The second kappa shape index (κ2) is 8.17. The number of aromatic nitrogens is 3. The molecule has 0 radical (unpaired) electrons. The standard InChI is InChI=1S/C22H21FN4O/c23-20-9-2-1-8-18(20)19-14-25-26-22(19)16-6-5-13-27(15-16)21(28)11-10-17-7-3-4-12-24-17/h1-4,7-12,14,16H,5-6,13,15H2,(H,25,26)/b11-10+. The van der Waals surface area contributed by atoms with E-state index in [-0.39, 0.29) is 17.6 Å². The van der Waals surface area contributed by atoms with Crippen molar-refractivity contribution in [3.8, 4) is 11.1 Å². The van der Waals surface area contributed by atoms with Gasteiger partial charge in [0.1, 0.15) is 5.82 Å².